The second-order valence-corrected chi connectivity index (χ2v) is 10.0. The second kappa shape index (κ2) is 11.4. The van der Waals surface area contributed by atoms with E-state index in [1.807, 2.05) is 68.4 Å². The van der Waals surface area contributed by atoms with Crippen LogP contribution >= 0.6 is 23.8 Å². The van der Waals surface area contributed by atoms with Crippen molar-refractivity contribution in [1.82, 2.24) is 9.88 Å². The molecule has 202 valence electrons. The molecule has 1 saturated heterocycles. The lowest BCUT2D eigenvalue weighted by atomic mass is 10.1. The fraction of sp³-hybridized carbons (Fsp3) is 0.129. The number of nitrogens with zero attached hydrogens (tertiary/aromatic N) is 2. The van der Waals surface area contributed by atoms with E-state index in [-0.39, 0.29) is 10.7 Å². The third-order valence-electron chi connectivity index (χ3n) is 6.61. The van der Waals surface area contributed by atoms with E-state index < -0.39 is 11.8 Å². The van der Waals surface area contributed by atoms with Gasteiger partial charge in [-0.25, -0.2) is 4.90 Å². The predicted octanol–water partition coefficient (Wildman–Crippen LogP) is 6.17. The minimum atomic E-state index is -0.548. The fourth-order valence-electron chi connectivity index (χ4n) is 4.62. The number of rotatable bonds is 7. The SMILES string of the molecule is COc1ccccc1N1C(=O)/C(=C/c2cc(C)n(-c3ccc(OCc4ccc(Cl)cc4)cc3)c2C)C(=O)NC1=S. The molecule has 0 unspecified atom stereocenters. The summed E-state index contributed by atoms with van der Waals surface area (Å²) in [5, 5.41) is 3.32. The van der Waals surface area contributed by atoms with Crippen LogP contribution in [0.2, 0.25) is 5.02 Å². The molecule has 1 N–H and O–H groups in total. The highest BCUT2D eigenvalue weighted by atomic mass is 35.5. The maximum Gasteiger partial charge on any atom is 0.270 e. The van der Waals surface area contributed by atoms with Crippen molar-refractivity contribution >= 4 is 52.5 Å². The van der Waals surface area contributed by atoms with E-state index in [4.69, 9.17) is 33.3 Å². The molecule has 4 aromatic rings. The molecule has 0 bridgehead atoms. The minimum Gasteiger partial charge on any atom is -0.495 e. The van der Waals surface area contributed by atoms with Crippen LogP contribution in [0.4, 0.5) is 5.69 Å². The zero-order chi connectivity index (χ0) is 28.4. The number of nitrogens with one attached hydrogen (secondary N) is 1. The average Bonchev–Trinajstić information content (AvgIpc) is 3.23. The van der Waals surface area contributed by atoms with Gasteiger partial charge in [0, 0.05) is 22.1 Å². The van der Waals surface area contributed by atoms with E-state index >= 15 is 0 Å². The van der Waals surface area contributed by atoms with Gasteiger partial charge in [0.15, 0.2) is 5.11 Å². The molecule has 9 heteroatoms. The number of halogens is 1. The number of benzene rings is 3. The molecule has 5 rings (SSSR count). The standard InChI is InChI=1S/C31H26ClN3O4S/c1-19-16-22(17-26-29(36)33-31(40)35(30(26)37)27-6-4-5-7-28(27)38-3)20(2)34(19)24-12-14-25(15-13-24)39-18-21-8-10-23(32)11-9-21/h4-17H,18H2,1-3H3,(H,33,36,40)/b26-17+. The predicted molar refractivity (Wildman–Crippen MR) is 160 cm³/mol. The molecule has 3 aromatic carbocycles. The highest BCUT2D eigenvalue weighted by Crippen LogP contribution is 2.32. The zero-order valence-corrected chi connectivity index (χ0v) is 23.7. The maximum absolute atomic E-state index is 13.5. The molecule has 40 heavy (non-hydrogen) atoms. The van der Waals surface area contributed by atoms with E-state index in [0.29, 0.717) is 23.1 Å². The number of anilines is 1. The summed E-state index contributed by atoms with van der Waals surface area (Å²) in [5.41, 5.74) is 4.94. The third kappa shape index (κ3) is 5.36. The molecule has 0 atom stereocenters. The van der Waals surface area contributed by atoms with Gasteiger partial charge in [-0.05, 0) is 97.9 Å². The van der Waals surface area contributed by atoms with E-state index in [0.717, 1.165) is 34.0 Å². The van der Waals surface area contributed by atoms with Crippen LogP contribution < -0.4 is 19.7 Å². The number of methoxy groups -OCH3 is 1. The van der Waals surface area contributed by atoms with Crippen molar-refractivity contribution in [2.24, 2.45) is 0 Å². The second-order valence-electron chi connectivity index (χ2n) is 9.20. The van der Waals surface area contributed by atoms with Crippen LogP contribution in [-0.4, -0.2) is 28.6 Å². The molecule has 1 aromatic heterocycles. The number of hydrogen-bond donors (Lipinski definition) is 1. The fourth-order valence-corrected chi connectivity index (χ4v) is 5.02. The van der Waals surface area contributed by atoms with Gasteiger partial charge in [-0.15, -0.1) is 0 Å². The number of para-hydroxylation sites is 2. The summed E-state index contributed by atoms with van der Waals surface area (Å²) in [6.45, 7) is 4.35. The van der Waals surface area contributed by atoms with Gasteiger partial charge in [0.1, 0.15) is 23.7 Å². The Morgan fingerprint density at radius 3 is 2.38 bits per heavy atom. The minimum absolute atomic E-state index is 0.000457. The van der Waals surface area contributed by atoms with Crippen molar-refractivity contribution in [3.05, 3.63) is 112 Å². The molecular weight excluding hydrogens is 546 g/mol. The topological polar surface area (TPSA) is 72.8 Å². The van der Waals surface area contributed by atoms with Gasteiger partial charge < -0.3 is 14.0 Å². The molecule has 1 aliphatic rings. The van der Waals surface area contributed by atoms with Gasteiger partial charge in [-0.2, -0.15) is 0 Å². The molecule has 1 aliphatic heterocycles. The molecule has 0 spiro atoms. The Kier molecular flexibility index (Phi) is 7.73. The van der Waals surface area contributed by atoms with E-state index in [1.165, 1.54) is 12.0 Å². The summed E-state index contributed by atoms with van der Waals surface area (Å²) in [5.74, 6) is 0.131. The van der Waals surface area contributed by atoms with Gasteiger partial charge in [-0.3, -0.25) is 14.9 Å². The highest BCUT2D eigenvalue weighted by Gasteiger charge is 2.36. The number of aryl methyl sites for hydroxylation is 1. The number of aromatic nitrogens is 1. The summed E-state index contributed by atoms with van der Waals surface area (Å²) < 4.78 is 13.4. The van der Waals surface area contributed by atoms with Gasteiger partial charge in [0.25, 0.3) is 11.8 Å². The lowest BCUT2D eigenvalue weighted by Gasteiger charge is -2.29. The van der Waals surface area contributed by atoms with Crippen molar-refractivity contribution in [3.8, 4) is 17.2 Å². The number of ether oxygens (including phenoxy) is 2. The highest BCUT2D eigenvalue weighted by molar-refractivity contribution is 7.80. The van der Waals surface area contributed by atoms with Crippen molar-refractivity contribution in [2.75, 3.05) is 12.0 Å². The zero-order valence-electron chi connectivity index (χ0n) is 22.1. The van der Waals surface area contributed by atoms with Gasteiger partial charge in [0.05, 0.1) is 12.8 Å². The largest absolute Gasteiger partial charge is 0.495 e. The Hall–Kier alpha value is -4.40. The first-order valence-electron chi connectivity index (χ1n) is 12.5. The van der Waals surface area contributed by atoms with Crippen molar-refractivity contribution in [2.45, 2.75) is 20.5 Å². The van der Waals surface area contributed by atoms with Crippen molar-refractivity contribution in [1.29, 1.82) is 0 Å². The van der Waals surface area contributed by atoms with Gasteiger partial charge in [-0.1, -0.05) is 35.9 Å². The van der Waals surface area contributed by atoms with Crippen LogP contribution in [0.3, 0.4) is 0 Å². The number of amides is 2. The Morgan fingerprint density at radius 1 is 0.975 bits per heavy atom. The number of carbonyl (C=O) groups is 2. The van der Waals surface area contributed by atoms with E-state index in [2.05, 4.69) is 9.88 Å². The average molecular weight is 572 g/mol. The van der Waals surface area contributed by atoms with E-state index in [9.17, 15) is 9.59 Å². The number of thiocarbonyl (C=S) groups is 1. The Labute approximate surface area is 242 Å². The molecule has 2 amide bonds. The van der Waals surface area contributed by atoms with Crippen LogP contribution in [0.5, 0.6) is 11.5 Å². The Bertz CT molecular complexity index is 1640. The Morgan fingerprint density at radius 2 is 1.68 bits per heavy atom. The maximum atomic E-state index is 13.5. The summed E-state index contributed by atoms with van der Waals surface area (Å²) in [6, 6.07) is 24.2. The summed E-state index contributed by atoms with van der Waals surface area (Å²) in [7, 11) is 1.51. The van der Waals surface area contributed by atoms with Gasteiger partial charge in [0.2, 0.25) is 0 Å². The van der Waals surface area contributed by atoms with Crippen molar-refractivity contribution < 1.29 is 19.1 Å². The molecular formula is C31H26ClN3O4S. The molecule has 0 radical (unpaired) electrons. The third-order valence-corrected chi connectivity index (χ3v) is 7.15. The summed E-state index contributed by atoms with van der Waals surface area (Å²) in [4.78, 5) is 27.7. The van der Waals surface area contributed by atoms with Crippen LogP contribution in [0.25, 0.3) is 11.8 Å². The van der Waals surface area contributed by atoms with Crippen molar-refractivity contribution in [3.63, 3.8) is 0 Å². The smallest absolute Gasteiger partial charge is 0.270 e. The normalized spacial score (nSPS) is 14.4. The number of hydrogen-bond acceptors (Lipinski definition) is 5. The lowest BCUT2D eigenvalue weighted by Crippen LogP contribution is -2.54. The molecule has 0 saturated carbocycles. The molecule has 1 fully saturated rings. The quantitative estimate of drug-likeness (QED) is 0.163. The molecule has 7 nitrogen and oxygen atoms in total. The monoisotopic (exact) mass is 571 g/mol. The first-order valence-corrected chi connectivity index (χ1v) is 13.3. The van der Waals surface area contributed by atoms with Crippen LogP contribution in [0.15, 0.2) is 84.4 Å². The summed E-state index contributed by atoms with van der Waals surface area (Å²) in [6.07, 6.45) is 1.60. The Balaban J connectivity index is 1.40. The van der Waals surface area contributed by atoms with E-state index in [1.54, 1.807) is 30.3 Å². The summed E-state index contributed by atoms with van der Waals surface area (Å²) >= 11 is 11.3. The number of carbonyl (C=O) groups excluding carboxylic acids is 2. The molecule has 2 heterocycles. The van der Waals surface area contributed by atoms with Crippen LogP contribution in [0, 0.1) is 13.8 Å². The first-order chi connectivity index (χ1) is 19.3. The lowest BCUT2D eigenvalue weighted by molar-refractivity contribution is -0.122. The van der Waals surface area contributed by atoms with Gasteiger partial charge >= 0.3 is 0 Å². The van der Waals surface area contributed by atoms with Crippen LogP contribution in [-0.2, 0) is 16.2 Å². The molecule has 0 aliphatic carbocycles. The first kappa shape index (κ1) is 27.2. The van der Waals surface area contributed by atoms with Crippen LogP contribution in [0.1, 0.15) is 22.5 Å².